The molecule has 0 saturated heterocycles. The Morgan fingerprint density at radius 1 is 0.818 bits per heavy atom. The van der Waals surface area contributed by atoms with E-state index in [1.807, 2.05) is 0 Å². The number of aromatic hydroxyl groups is 4. The van der Waals surface area contributed by atoms with Gasteiger partial charge in [-0.15, -0.1) is 0 Å². The van der Waals surface area contributed by atoms with E-state index in [0.717, 1.165) is 6.07 Å². The van der Waals surface area contributed by atoms with Crippen LogP contribution < -0.4 is 5.36 Å². The summed E-state index contributed by atoms with van der Waals surface area (Å²) >= 11 is 0. The van der Waals surface area contributed by atoms with Gasteiger partial charge in [0.1, 0.15) is 28.2 Å². The molecule has 0 radical (unpaired) electrons. The van der Waals surface area contributed by atoms with E-state index in [2.05, 4.69) is 5.16 Å². The maximum atomic E-state index is 9.84. The quantitative estimate of drug-likeness (QED) is 0.266. The van der Waals surface area contributed by atoms with Gasteiger partial charge < -0.3 is 30.1 Å². The van der Waals surface area contributed by atoms with Gasteiger partial charge in [0.25, 0.3) is 0 Å². The lowest BCUT2D eigenvalue weighted by Gasteiger charge is -2.07. The predicted molar refractivity (Wildman–Crippen MR) is 75.7 cm³/mol. The summed E-state index contributed by atoms with van der Waals surface area (Å²) in [7, 11) is 0. The van der Waals surface area contributed by atoms with Crippen LogP contribution in [0.5, 0.6) is 23.0 Å². The molecule has 0 saturated carbocycles. The van der Waals surface area contributed by atoms with Crippen LogP contribution in [0.25, 0.3) is 22.3 Å². The lowest BCUT2D eigenvalue weighted by Crippen LogP contribution is -2.03. The first-order chi connectivity index (χ1) is 10.5. The van der Waals surface area contributed by atoms with Crippen molar-refractivity contribution in [1.29, 1.82) is 0 Å². The minimum atomic E-state index is -0.339. The van der Waals surface area contributed by atoms with Crippen LogP contribution in [0.2, 0.25) is 0 Å². The van der Waals surface area contributed by atoms with Crippen LogP contribution in [-0.2, 0) is 0 Å². The second-order valence-corrected chi connectivity index (χ2v) is 4.64. The van der Waals surface area contributed by atoms with Crippen molar-refractivity contribution in [1.82, 2.24) is 0 Å². The van der Waals surface area contributed by atoms with Gasteiger partial charge in [-0.2, -0.15) is 0 Å². The fraction of sp³-hybridized carbons (Fsp3) is 0. The number of hydrogen-bond acceptors (Lipinski definition) is 7. The molecule has 0 amide bonds. The second kappa shape index (κ2) is 4.88. The Labute approximate surface area is 123 Å². The van der Waals surface area contributed by atoms with E-state index < -0.39 is 0 Å². The standard InChI is InChI=1S/C15H11NO6/c17-8-4-12(20)15-9(16-21)6-13(22-14(15)5-8)7-1-2-10(18)11(19)3-7/h1-6,17-21H/b16-9-. The molecule has 5 N–H and O–H groups in total. The molecular formula is C15H11NO6. The molecule has 2 aromatic carbocycles. The highest BCUT2D eigenvalue weighted by molar-refractivity contribution is 5.85. The third-order valence-electron chi connectivity index (χ3n) is 3.18. The number of nitrogens with zero attached hydrogens (tertiary/aromatic N) is 1. The third kappa shape index (κ3) is 2.14. The second-order valence-electron chi connectivity index (χ2n) is 4.64. The first-order valence-corrected chi connectivity index (χ1v) is 6.20. The Morgan fingerprint density at radius 2 is 1.59 bits per heavy atom. The maximum absolute atomic E-state index is 9.84. The summed E-state index contributed by atoms with van der Waals surface area (Å²) in [5, 5.41) is 50.6. The SMILES string of the molecule is O/N=c1/cc(-c2ccc(O)c(O)c2)oc2cc(O)cc(O)c12. The van der Waals surface area contributed by atoms with Gasteiger partial charge in [-0.3, -0.25) is 0 Å². The van der Waals surface area contributed by atoms with Gasteiger partial charge in [-0.05, 0) is 18.2 Å². The van der Waals surface area contributed by atoms with Crippen LogP contribution in [0.3, 0.4) is 0 Å². The summed E-state index contributed by atoms with van der Waals surface area (Å²) in [6, 6.07) is 7.74. The van der Waals surface area contributed by atoms with Crippen molar-refractivity contribution >= 4 is 11.0 Å². The Morgan fingerprint density at radius 3 is 2.27 bits per heavy atom. The Balaban J connectivity index is 2.34. The zero-order valence-electron chi connectivity index (χ0n) is 11.1. The minimum Gasteiger partial charge on any atom is -0.508 e. The molecule has 0 unspecified atom stereocenters. The number of fused-ring (bicyclic) bond motifs is 1. The highest BCUT2D eigenvalue weighted by Gasteiger charge is 2.12. The van der Waals surface area contributed by atoms with Crippen LogP contribution in [0.4, 0.5) is 0 Å². The van der Waals surface area contributed by atoms with Crippen molar-refractivity contribution in [2.75, 3.05) is 0 Å². The molecule has 0 fully saturated rings. The van der Waals surface area contributed by atoms with E-state index in [0.29, 0.717) is 5.56 Å². The Kier molecular flexibility index (Phi) is 3.03. The van der Waals surface area contributed by atoms with Crippen molar-refractivity contribution in [2.45, 2.75) is 0 Å². The van der Waals surface area contributed by atoms with E-state index in [1.165, 1.54) is 30.3 Å². The molecule has 0 spiro atoms. The molecule has 0 atom stereocenters. The summed E-state index contributed by atoms with van der Waals surface area (Å²) in [6.07, 6.45) is 0. The van der Waals surface area contributed by atoms with Gasteiger partial charge in [-0.25, -0.2) is 0 Å². The van der Waals surface area contributed by atoms with Gasteiger partial charge in [0, 0.05) is 23.8 Å². The van der Waals surface area contributed by atoms with E-state index >= 15 is 0 Å². The summed E-state index contributed by atoms with van der Waals surface area (Å²) < 4.78 is 5.56. The zero-order chi connectivity index (χ0) is 15.9. The van der Waals surface area contributed by atoms with Crippen LogP contribution >= 0.6 is 0 Å². The molecule has 1 aromatic heterocycles. The average molecular weight is 301 g/mol. The van der Waals surface area contributed by atoms with E-state index in [1.54, 1.807) is 0 Å². The first kappa shape index (κ1) is 13.6. The maximum Gasteiger partial charge on any atom is 0.158 e. The Bertz CT molecular complexity index is 945. The van der Waals surface area contributed by atoms with Crippen LogP contribution in [0.1, 0.15) is 0 Å². The summed E-state index contributed by atoms with van der Waals surface area (Å²) in [6.45, 7) is 0. The van der Waals surface area contributed by atoms with Crippen LogP contribution in [0.15, 0.2) is 46.0 Å². The number of phenols is 4. The molecule has 22 heavy (non-hydrogen) atoms. The summed E-state index contributed by atoms with van der Waals surface area (Å²) in [4.78, 5) is 0. The molecular weight excluding hydrogens is 290 g/mol. The largest absolute Gasteiger partial charge is 0.508 e. The molecule has 0 aliphatic heterocycles. The molecule has 7 nitrogen and oxygen atoms in total. The van der Waals surface area contributed by atoms with Crippen molar-refractivity contribution in [3.8, 4) is 34.3 Å². The smallest absolute Gasteiger partial charge is 0.158 e. The van der Waals surface area contributed by atoms with Gasteiger partial charge in [0.15, 0.2) is 11.5 Å². The molecule has 0 aliphatic carbocycles. The van der Waals surface area contributed by atoms with Crippen LogP contribution in [0, 0.1) is 0 Å². The number of rotatable bonds is 1. The molecule has 0 aliphatic rings. The highest BCUT2D eigenvalue weighted by atomic mass is 16.4. The molecule has 3 rings (SSSR count). The Hall–Kier alpha value is -3.35. The van der Waals surface area contributed by atoms with Crippen molar-refractivity contribution in [3.05, 3.63) is 41.8 Å². The molecule has 1 heterocycles. The number of phenolic OH excluding ortho intramolecular Hbond substituents is 4. The lowest BCUT2D eigenvalue weighted by molar-refractivity contribution is 0.302. The monoisotopic (exact) mass is 301 g/mol. The highest BCUT2D eigenvalue weighted by Crippen LogP contribution is 2.33. The number of benzene rings is 2. The zero-order valence-corrected chi connectivity index (χ0v) is 11.1. The molecule has 3 aromatic rings. The van der Waals surface area contributed by atoms with E-state index in [-0.39, 0.29) is 45.1 Å². The minimum absolute atomic E-state index is 0.0290. The van der Waals surface area contributed by atoms with Gasteiger partial charge in [-0.1, -0.05) is 5.16 Å². The van der Waals surface area contributed by atoms with Crippen molar-refractivity contribution < 1.29 is 30.1 Å². The first-order valence-electron chi connectivity index (χ1n) is 6.20. The lowest BCUT2D eigenvalue weighted by atomic mass is 10.1. The van der Waals surface area contributed by atoms with Crippen molar-refractivity contribution in [3.63, 3.8) is 0 Å². The fourth-order valence-corrected chi connectivity index (χ4v) is 2.17. The van der Waals surface area contributed by atoms with Gasteiger partial charge >= 0.3 is 0 Å². The topological polar surface area (TPSA) is 127 Å². The molecule has 112 valence electrons. The fourth-order valence-electron chi connectivity index (χ4n) is 2.17. The normalized spacial score (nSPS) is 11.9. The summed E-state index contributed by atoms with van der Waals surface area (Å²) in [5.41, 5.74) is 0.500. The van der Waals surface area contributed by atoms with Crippen molar-refractivity contribution in [2.24, 2.45) is 5.16 Å². The van der Waals surface area contributed by atoms with E-state index in [4.69, 9.17) is 9.62 Å². The van der Waals surface area contributed by atoms with Crippen LogP contribution in [-0.4, -0.2) is 25.6 Å². The van der Waals surface area contributed by atoms with Gasteiger partial charge in [0.2, 0.25) is 0 Å². The summed E-state index contributed by atoms with van der Waals surface area (Å²) in [5.74, 6) is -0.934. The average Bonchev–Trinajstić information content (AvgIpc) is 2.48. The predicted octanol–water partition coefficient (Wildman–Crippen LogP) is 2.21. The number of hydrogen-bond donors (Lipinski definition) is 5. The molecule has 0 bridgehead atoms. The van der Waals surface area contributed by atoms with E-state index in [9.17, 15) is 20.4 Å². The van der Waals surface area contributed by atoms with Gasteiger partial charge in [0.05, 0.1) is 5.39 Å². The third-order valence-corrected chi connectivity index (χ3v) is 3.18. The molecule has 7 heteroatoms.